The Bertz CT molecular complexity index is 478. The normalized spacial score (nSPS) is 32.3. The predicted octanol–water partition coefficient (Wildman–Crippen LogP) is 3.63. The monoisotopic (exact) mass is 286 g/mol. The molecule has 1 aliphatic heterocycles. The van der Waals surface area contributed by atoms with Crippen LogP contribution >= 0.6 is 0 Å². The Kier molecular flexibility index (Phi) is 3.87. The Morgan fingerprint density at radius 1 is 1.24 bits per heavy atom. The van der Waals surface area contributed by atoms with Crippen molar-refractivity contribution in [1.29, 1.82) is 0 Å². The highest BCUT2D eigenvalue weighted by atomic mass is 15.3. The third-order valence-corrected chi connectivity index (χ3v) is 5.98. The van der Waals surface area contributed by atoms with Crippen LogP contribution in [0.4, 0.5) is 0 Å². The fourth-order valence-corrected chi connectivity index (χ4v) is 3.81. The van der Waals surface area contributed by atoms with Crippen LogP contribution < -0.4 is 5.32 Å². The largest absolute Gasteiger partial charge is 0.305 e. The van der Waals surface area contributed by atoms with Crippen LogP contribution in [0.2, 0.25) is 0 Å². The molecule has 2 heteroatoms. The van der Waals surface area contributed by atoms with Gasteiger partial charge in [-0.3, -0.25) is 4.90 Å². The van der Waals surface area contributed by atoms with E-state index in [2.05, 4.69) is 68.2 Å². The zero-order chi connectivity index (χ0) is 15.1. The molecule has 0 spiro atoms. The van der Waals surface area contributed by atoms with Gasteiger partial charge in [0.15, 0.2) is 0 Å². The summed E-state index contributed by atoms with van der Waals surface area (Å²) in [5, 5.41) is 3.79. The number of piperazine rings is 1. The summed E-state index contributed by atoms with van der Waals surface area (Å²) < 4.78 is 0. The quantitative estimate of drug-likeness (QED) is 0.909. The van der Waals surface area contributed by atoms with E-state index < -0.39 is 0 Å². The number of benzene rings is 1. The second kappa shape index (κ2) is 5.40. The first-order valence-corrected chi connectivity index (χ1v) is 8.50. The van der Waals surface area contributed by atoms with E-state index >= 15 is 0 Å². The first-order chi connectivity index (χ1) is 9.95. The molecule has 0 bridgehead atoms. The van der Waals surface area contributed by atoms with Crippen LogP contribution in [0.3, 0.4) is 0 Å². The second-order valence-corrected chi connectivity index (χ2v) is 7.85. The average Bonchev–Trinajstić information content (AvgIpc) is 3.25. The van der Waals surface area contributed by atoms with Crippen LogP contribution in [0.15, 0.2) is 30.3 Å². The molecule has 3 rings (SSSR count). The van der Waals surface area contributed by atoms with Crippen molar-refractivity contribution in [2.45, 2.75) is 52.1 Å². The molecule has 1 aliphatic carbocycles. The lowest BCUT2D eigenvalue weighted by atomic mass is 9.86. The van der Waals surface area contributed by atoms with Crippen molar-refractivity contribution in [2.24, 2.45) is 11.3 Å². The Morgan fingerprint density at radius 3 is 2.48 bits per heavy atom. The molecular weight excluding hydrogens is 256 g/mol. The van der Waals surface area contributed by atoms with Gasteiger partial charge >= 0.3 is 0 Å². The molecule has 2 unspecified atom stereocenters. The molecule has 0 aromatic heterocycles. The minimum Gasteiger partial charge on any atom is -0.305 e. The Labute approximate surface area is 129 Å². The molecule has 1 heterocycles. The fraction of sp³-hybridized carbons (Fsp3) is 0.684. The highest BCUT2D eigenvalue weighted by Crippen LogP contribution is 2.52. The van der Waals surface area contributed by atoms with Crippen molar-refractivity contribution < 1.29 is 0 Å². The topological polar surface area (TPSA) is 15.3 Å². The van der Waals surface area contributed by atoms with Crippen LogP contribution in [0.5, 0.6) is 0 Å². The average molecular weight is 286 g/mol. The van der Waals surface area contributed by atoms with Crippen LogP contribution in [-0.4, -0.2) is 30.6 Å². The predicted molar refractivity (Wildman–Crippen MR) is 89.3 cm³/mol. The summed E-state index contributed by atoms with van der Waals surface area (Å²) in [6.07, 6.45) is 2.84. The molecule has 2 fully saturated rings. The molecule has 0 radical (unpaired) electrons. The standard InChI is InChI=1S/C19H30N2/c1-15(2)19(10-11-19)14-21-13-18(4,20-12-16(21)3)17-8-6-5-7-9-17/h5-9,15-16,20H,10-14H2,1-4H3. The Morgan fingerprint density at radius 2 is 1.90 bits per heavy atom. The third-order valence-electron chi connectivity index (χ3n) is 5.98. The zero-order valence-corrected chi connectivity index (χ0v) is 14.0. The molecule has 1 N–H and O–H groups in total. The van der Waals surface area contributed by atoms with Gasteiger partial charge in [-0.05, 0) is 43.6 Å². The summed E-state index contributed by atoms with van der Waals surface area (Å²) in [6.45, 7) is 13.0. The second-order valence-electron chi connectivity index (χ2n) is 7.85. The SMILES string of the molecule is CC1CNC(C)(c2ccccc2)CN1CC1(C(C)C)CC1. The van der Waals surface area contributed by atoms with Gasteiger partial charge in [0.1, 0.15) is 0 Å². The molecular formula is C19H30N2. The van der Waals surface area contributed by atoms with Gasteiger partial charge in [-0.2, -0.15) is 0 Å². The van der Waals surface area contributed by atoms with Crippen LogP contribution in [0, 0.1) is 11.3 Å². The lowest BCUT2D eigenvalue weighted by Crippen LogP contribution is -2.61. The van der Waals surface area contributed by atoms with Crippen LogP contribution in [-0.2, 0) is 5.54 Å². The summed E-state index contributed by atoms with van der Waals surface area (Å²) in [5.41, 5.74) is 2.10. The molecule has 2 aliphatic rings. The van der Waals surface area contributed by atoms with Gasteiger partial charge in [0, 0.05) is 25.7 Å². The molecule has 2 nitrogen and oxygen atoms in total. The van der Waals surface area contributed by atoms with Crippen LogP contribution in [0.25, 0.3) is 0 Å². The van der Waals surface area contributed by atoms with E-state index in [1.54, 1.807) is 0 Å². The molecule has 21 heavy (non-hydrogen) atoms. The molecule has 0 amide bonds. The molecule has 1 aromatic carbocycles. The highest BCUT2D eigenvalue weighted by Gasteiger charge is 2.48. The maximum Gasteiger partial charge on any atom is 0.0535 e. The van der Waals surface area contributed by atoms with E-state index in [-0.39, 0.29) is 5.54 Å². The Balaban J connectivity index is 1.76. The lowest BCUT2D eigenvalue weighted by Gasteiger charge is -2.47. The zero-order valence-electron chi connectivity index (χ0n) is 14.0. The van der Waals surface area contributed by atoms with Gasteiger partial charge < -0.3 is 5.32 Å². The molecule has 1 aromatic rings. The van der Waals surface area contributed by atoms with Gasteiger partial charge in [-0.25, -0.2) is 0 Å². The van der Waals surface area contributed by atoms with E-state index in [4.69, 9.17) is 0 Å². The van der Waals surface area contributed by atoms with Crippen molar-refractivity contribution in [3.8, 4) is 0 Å². The van der Waals surface area contributed by atoms with E-state index in [1.807, 2.05) is 0 Å². The van der Waals surface area contributed by atoms with Gasteiger partial charge in [0.2, 0.25) is 0 Å². The van der Waals surface area contributed by atoms with Gasteiger partial charge in [-0.15, -0.1) is 0 Å². The number of hydrogen-bond donors (Lipinski definition) is 1. The summed E-state index contributed by atoms with van der Waals surface area (Å²) in [7, 11) is 0. The summed E-state index contributed by atoms with van der Waals surface area (Å²) in [5.74, 6) is 0.808. The van der Waals surface area contributed by atoms with Crippen molar-refractivity contribution in [3.05, 3.63) is 35.9 Å². The Hall–Kier alpha value is -0.860. The van der Waals surface area contributed by atoms with E-state index in [9.17, 15) is 0 Å². The van der Waals surface area contributed by atoms with Crippen LogP contribution in [0.1, 0.15) is 46.1 Å². The minimum atomic E-state index is 0.0842. The smallest absolute Gasteiger partial charge is 0.0535 e. The van der Waals surface area contributed by atoms with Crippen molar-refractivity contribution >= 4 is 0 Å². The van der Waals surface area contributed by atoms with Crippen molar-refractivity contribution in [1.82, 2.24) is 10.2 Å². The minimum absolute atomic E-state index is 0.0842. The van der Waals surface area contributed by atoms with Gasteiger partial charge in [0.05, 0.1) is 5.54 Å². The number of hydrogen-bond acceptors (Lipinski definition) is 2. The van der Waals surface area contributed by atoms with E-state index in [0.29, 0.717) is 11.5 Å². The van der Waals surface area contributed by atoms with Crippen molar-refractivity contribution in [3.63, 3.8) is 0 Å². The number of nitrogens with zero attached hydrogens (tertiary/aromatic N) is 1. The maximum atomic E-state index is 3.79. The summed E-state index contributed by atoms with van der Waals surface area (Å²) in [6, 6.07) is 11.6. The molecule has 116 valence electrons. The number of rotatable bonds is 4. The van der Waals surface area contributed by atoms with Gasteiger partial charge in [-0.1, -0.05) is 44.2 Å². The number of nitrogens with one attached hydrogen (secondary N) is 1. The van der Waals surface area contributed by atoms with Crippen molar-refractivity contribution in [2.75, 3.05) is 19.6 Å². The lowest BCUT2D eigenvalue weighted by molar-refractivity contribution is 0.0641. The maximum absolute atomic E-state index is 3.79. The first-order valence-electron chi connectivity index (χ1n) is 8.50. The van der Waals surface area contributed by atoms with E-state index in [1.165, 1.54) is 24.9 Å². The highest BCUT2D eigenvalue weighted by molar-refractivity contribution is 5.25. The fourth-order valence-electron chi connectivity index (χ4n) is 3.81. The van der Waals surface area contributed by atoms with Gasteiger partial charge in [0.25, 0.3) is 0 Å². The third kappa shape index (κ3) is 2.89. The van der Waals surface area contributed by atoms with E-state index in [0.717, 1.165) is 19.0 Å². The molecule has 1 saturated heterocycles. The summed E-state index contributed by atoms with van der Waals surface area (Å²) >= 11 is 0. The molecule has 2 atom stereocenters. The summed E-state index contributed by atoms with van der Waals surface area (Å²) in [4.78, 5) is 2.73. The molecule has 1 saturated carbocycles. The first kappa shape index (κ1) is 15.1.